The summed E-state index contributed by atoms with van der Waals surface area (Å²) < 4.78 is 66.3. The molecule has 0 unspecified atom stereocenters. The minimum atomic E-state index is -0.977. The summed E-state index contributed by atoms with van der Waals surface area (Å²) in [5, 5.41) is 11.1. The number of hydrogen-bond acceptors (Lipinski definition) is 16. The van der Waals surface area contributed by atoms with E-state index in [1.807, 2.05) is 0 Å². The minimum absolute atomic E-state index is 0.0127. The molecule has 0 aliphatic rings. The lowest BCUT2D eigenvalue weighted by atomic mass is 9.92. The van der Waals surface area contributed by atoms with Gasteiger partial charge in [-0.2, -0.15) is 0 Å². The molecule has 0 aliphatic carbocycles. The monoisotopic (exact) mass is 924 g/mol. The molecule has 20 heteroatoms. The molecule has 20 nitrogen and oxygen atoms in total. The van der Waals surface area contributed by atoms with Gasteiger partial charge in [-0.3, -0.25) is 19.2 Å². The number of nitrogens with one attached hydrogen (secondary N) is 4. The SMILES string of the molecule is C#CCOCCOCCNC(=O)CCOCC(COCCC(=O)NCCOCCOCC#C)(COCCC(=O)NCCOCCOCC#C)COCCC(=O)NCCOCCOCC#C. The molecule has 0 rings (SSSR count). The van der Waals surface area contributed by atoms with Crippen molar-refractivity contribution in [2.24, 2.45) is 5.41 Å². The molecule has 0 aliphatic heterocycles. The molecule has 4 N–H and O–H groups in total. The van der Waals surface area contributed by atoms with Gasteiger partial charge in [-0.15, -0.1) is 25.7 Å². The number of rotatable bonds is 48. The molecule has 0 aromatic rings. The Morgan fingerprint density at radius 1 is 0.308 bits per heavy atom. The van der Waals surface area contributed by atoms with Crippen molar-refractivity contribution >= 4 is 23.6 Å². The Morgan fingerprint density at radius 2 is 0.523 bits per heavy atom. The highest BCUT2D eigenvalue weighted by atomic mass is 16.5. The van der Waals surface area contributed by atoms with Crippen molar-refractivity contribution < 1.29 is 76.0 Å². The summed E-state index contributed by atoms with van der Waals surface area (Å²) in [7, 11) is 0. The number of carbonyl (C=O) groups excluding carboxylic acids is 4. The highest BCUT2D eigenvalue weighted by Gasteiger charge is 2.33. The summed E-state index contributed by atoms with van der Waals surface area (Å²) >= 11 is 0. The molecule has 0 spiro atoms. The average molecular weight is 925 g/mol. The van der Waals surface area contributed by atoms with E-state index in [9.17, 15) is 19.2 Å². The van der Waals surface area contributed by atoms with Crippen LogP contribution in [0.1, 0.15) is 25.7 Å². The molecule has 0 saturated carbocycles. The van der Waals surface area contributed by atoms with Gasteiger partial charge in [-0.1, -0.05) is 23.7 Å². The van der Waals surface area contributed by atoms with Crippen molar-refractivity contribution in [3.05, 3.63) is 0 Å². The van der Waals surface area contributed by atoms with Crippen molar-refractivity contribution in [2.75, 3.05) is 185 Å². The molecule has 0 radical (unpaired) electrons. The molecule has 0 atom stereocenters. The molecule has 0 aromatic heterocycles. The third-order valence-electron chi connectivity index (χ3n) is 8.03. The van der Waals surface area contributed by atoms with Crippen molar-refractivity contribution in [2.45, 2.75) is 25.7 Å². The standard InChI is InChI=1S/C45H72N4O16/c1-5-17-54-29-33-58-25-13-46-41(50)9-21-62-37-45(38-63-22-10-42(51)47-14-26-59-34-30-55-18-6-2,39-64-23-11-43(52)48-15-27-60-35-31-56-19-7-3)40-65-24-12-44(53)49-16-28-61-36-32-57-20-8-4/h1-4H,9-40H2,(H,46,50)(H,47,51)(H,48,52)(H,49,53). The van der Waals surface area contributed by atoms with Gasteiger partial charge in [-0.25, -0.2) is 0 Å². The predicted molar refractivity (Wildman–Crippen MR) is 238 cm³/mol. The number of carbonyl (C=O) groups is 4. The number of terminal acetylenes is 4. The fourth-order valence-corrected chi connectivity index (χ4v) is 4.87. The van der Waals surface area contributed by atoms with Crippen LogP contribution in [0.25, 0.3) is 0 Å². The first-order chi connectivity index (χ1) is 31.8. The third-order valence-corrected chi connectivity index (χ3v) is 8.03. The third kappa shape index (κ3) is 43.3. The Morgan fingerprint density at radius 3 is 0.738 bits per heavy atom. The molecule has 0 bridgehead atoms. The quantitative estimate of drug-likeness (QED) is 0.0412. The lowest BCUT2D eigenvalue weighted by Gasteiger charge is -2.33. The van der Waals surface area contributed by atoms with E-state index in [0.717, 1.165) is 0 Å². The van der Waals surface area contributed by atoms with Crippen molar-refractivity contribution in [3.8, 4) is 49.4 Å². The Labute approximate surface area is 385 Å². The van der Waals surface area contributed by atoms with Crippen molar-refractivity contribution in [1.82, 2.24) is 21.3 Å². The molecule has 0 saturated heterocycles. The van der Waals surface area contributed by atoms with Gasteiger partial charge < -0.3 is 78.1 Å². The van der Waals surface area contributed by atoms with Crippen LogP contribution in [0.5, 0.6) is 0 Å². The zero-order chi connectivity index (χ0) is 47.6. The average Bonchev–Trinajstić information content (AvgIpc) is 3.30. The zero-order valence-corrected chi connectivity index (χ0v) is 38.0. The lowest BCUT2D eigenvalue weighted by molar-refractivity contribution is -0.129. The summed E-state index contributed by atoms with van der Waals surface area (Å²) in [6.07, 6.45) is 20.8. The molecular weight excluding hydrogens is 853 g/mol. The van der Waals surface area contributed by atoms with Crippen LogP contribution < -0.4 is 21.3 Å². The van der Waals surface area contributed by atoms with Crippen LogP contribution in [0.4, 0.5) is 0 Å². The van der Waals surface area contributed by atoms with Gasteiger partial charge in [0.25, 0.3) is 0 Å². The van der Waals surface area contributed by atoms with Crippen LogP contribution in [0.2, 0.25) is 0 Å². The number of amides is 4. The van der Waals surface area contributed by atoms with Crippen LogP contribution >= 0.6 is 0 Å². The van der Waals surface area contributed by atoms with Crippen molar-refractivity contribution in [3.63, 3.8) is 0 Å². The van der Waals surface area contributed by atoms with E-state index in [0.29, 0.717) is 105 Å². The Bertz CT molecular complexity index is 1170. The normalized spacial score (nSPS) is 10.9. The van der Waals surface area contributed by atoms with Crippen LogP contribution in [0, 0.1) is 54.8 Å². The molecule has 0 aromatic carbocycles. The lowest BCUT2D eigenvalue weighted by Crippen LogP contribution is -2.43. The van der Waals surface area contributed by atoms with E-state index >= 15 is 0 Å². The van der Waals surface area contributed by atoms with Crippen LogP contribution in [0.15, 0.2) is 0 Å². The van der Waals surface area contributed by atoms with Crippen LogP contribution in [-0.2, 0) is 76.0 Å². The maximum Gasteiger partial charge on any atom is 0.222 e. The van der Waals surface area contributed by atoms with E-state index < -0.39 is 5.41 Å². The number of ether oxygens (including phenoxy) is 12. The van der Waals surface area contributed by atoms with E-state index in [1.54, 1.807) is 0 Å². The summed E-state index contributed by atoms with van der Waals surface area (Å²) in [5.74, 6) is 8.49. The Kier molecular flexibility index (Phi) is 44.4. The molecule has 65 heavy (non-hydrogen) atoms. The van der Waals surface area contributed by atoms with E-state index in [1.165, 1.54) is 0 Å². The summed E-state index contributed by atoms with van der Waals surface area (Å²) in [5.41, 5.74) is -0.977. The van der Waals surface area contributed by atoms with Gasteiger partial charge in [0, 0.05) is 51.9 Å². The van der Waals surface area contributed by atoms with Gasteiger partial charge in [0.2, 0.25) is 23.6 Å². The summed E-state index contributed by atoms with van der Waals surface area (Å²) in [4.78, 5) is 50.1. The van der Waals surface area contributed by atoms with Gasteiger partial charge >= 0.3 is 0 Å². The van der Waals surface area contributed by atoms with Crippen molar-refractivity contribution in [1.29, 1.82) is 0 Å². The fraction of sp³-hybridized carbons (Fsp3) is 0.733. The summed E-state index contributed by atoms with van der Waals surface area (Å²) in [6, 6.07) is 0. The van der Waals surface area contributed by atoms with Gasteiger partial charge in [0.05, 0.1) is 138 Å². The maximum absolute atomic E-state index is 12.5. The largest absolute Gasteiger partial charge is 0.380 e. The first-order valence-corrected chi connectivity index (χ1v) is 21.6. The Hall–Kier alpha value is -4.36. The minimum Gasteiger partial charge on any atom is -0.380 e. The second-order valence-corrected chi connectivity index (χ2v) is 13.6. The first kappa shape index (κ1) is 60.6. The van der Waals surface area contributed by atoms with E-state index in [2.05, 4.69) is 44.9 Å². The fourth-order valence-electron chi connectivity index (χ4n) is 4.87. The Balaban J connectivity index is 5.37. The maximum atomic E-state index is 12.5. The zero-order valence-electron chi connectivity index (χ0n) is 38.0. The van der Waals surface area contributed by atoms with Crippen LogP contribution in [0.3, 0.4) is 0 Å². The molecule has 368 valence electrons. The van der Waals surface area contributed by atoms with E-state index in [4.69, 9.17) is 82.5 Å². The second kappa shape index (κ2) is 47.6. The van der Waals surface area contributed by atoms with E-state index in [-0.39, 0.29) is 129 Å². The van der Waals surface area contributed by atoms with Gasteiger partial charge in [0.1, 0.15) is 26.4 Å². The smallest absolute Gasteiger partial charge is 0.222 e. The van der Waals surface area contributed by atoms with Crippen LogP contribution in [-0.4, -0.2) is 208 Å². The molecular formula is C45H72N4O16. The summed E-state index contributed by atoms with van der Waals surface area (Å²) in [6.45, 7) is 6.16. The van der Waals surface area contributed by atoms with Gasteiger partial charge in [0.15, 0.2) is 0 Å². The topological polar surface area (TPSA) is 227 Å². The first-order valence-electron chi connectivity index (χ1n) is 21.6. The molecule has 4 amide bonds. The number of hydrogen-bond donors (Lipinski definition) is 4. The van der Waals surface area contributed by atoms with Gasteiger partial charge in [-0.05, 0) is 0 Å². The molecule has 0 fully saturated rings. The molecule has 0 heterocycles. The second-order valence-electron chi connectivity index (χ2n) is 13.6. The highest BCUT2D eigenvalue weighted by Crippen LogP contribution is 2.21. The highest BCUT2D eigenvalue weighted by molar-refractivity contribution is 5.77. The predicted octanol–water partition coefficient (Wildman–Crippen LogP) is -1.27.